The number of carbonyl (C=O) groups excluding carboxylic acids is 3. The van der Waals surface area contributed by atoms with Crippen molar-refractivity contribution in [2.24, 2.45) is 5.10 Å². The third kappa shape index (κ3) is 7.56. The van der Waals surface area contributed by atoms with E-state index in [0.717, 1.165) is 4.47 Å². The van der Waals surface area contributed by atoms with Crippen LogP contribution in [-0.2, 0) is 4.79 Å². The highest BCUT2D eigenvalue weighted by atomic mass is 79.9. The molecule has 34 heavy (non-hydrogen) atoms. The van der Waals surface area contributed by atoms with Gasteiger partial charge < -0.3 is 14.8 Å². The maximum Gasteiger partial charge on any atom is 0.343 e. The zero-order valence-electron chi connectivity index (χ0n) is 18.3. The molecule has 0 aliphatic carbocycles. The van der Waals surface area contributed by atoms with Crippen LogP contribution >= 0.6 is 15.9 Å². The van der Waals surface area contributed by atoms with Gasteiger partial charge in [-0.3, -0.25) is 9.59 Å². The molecule has 0 aliphatic rings. The number of esters is 1. The van der Waals surface area contributed by atoms with Crippen molar-refractivity contribution in [1.82, 2.24) is 10.7 Å². The van der Waals surface area contributed by atoms with Crippen molar-refractivity contribution in [2.45, 2.75) is 6.92 Å². The number of halogens is 1. The summed E-state index contributed by atoms with van der Waals surface area (Å²) in [6.07, 6.45) is 1.44. The number of rotatable bonds is 9. The molecule has 174 valence electrons. The third-order valence-corrected chi connectivity index (χ3v) is 4.88. The second-order valence-electron chi connectivity index (χ2n) is 6.90. The van der Waals surface area contributed by atoms with E-state index in [-0.39, 0.29) is 12.5 Å². The standard InChI is InChI=1S/C25H22BrN3O5/c1-2-33-21-12-8-18(9-13-21)25(32)34-22-10-6-17(7-11-22)15-28-29-23(30)16-27-24(31)19-4-3-5-20(26)14-19/h3-15H,2,16H2,1H3,(H,27,31)(H,29,30)/b28-15+. The predicted octanol–water partition coefficient (Wildman–Crippen LogP) is 3.95. The number of benzene rings is 3. The summed E-state index contributed by atoms with van der Waals surface area (Å²) in [5.74, 6) is -0.269. The number of nitrogens with zero attached hydrogens (tertiary/aromatic N) is 1. The van der Waals surface area contributed by atoms with E-state index in [4.69, 9.17) is 9.47 Å². The molecule has 0 heterocycles. The average Bonchev–Trinajstić information content (AvgIpc) is 2.84. The van der Waals surface area contributed by atoms with Gasteiger partial charge in [0.25, 0.3) is 11.8 Å². The SMILES string of the molecule is CCOc1ccc(C(=O)Oc2ccc(/C=N/NC(=O)CNC(=O)c3cccc(Br)c3)cc2)cc1. The molecule has 3 aromatic rings. The summed E-state index contributed by atoms with van der Waals surface area (Å²) < 4.78 is 11.5. The van der Waals surface area contributed by atoms with Crippen LogP contribution in [0.2, 0.25) is 0 Å². The highest BCUT2D eigenvalue weighted by Gasteiger charge is 2.09. The van der Waals surface area contributed by atoms with Crippen LogP contribution in [0.5, 0.6) is 11.5 Å². The lowest BCUT2D eigenvalue weighted by molar-refractivity contribution is -0.120. The minimum Gasteiger partial charge on any atom is -0.494 e. The highest BCUT2D eigenvalue weighted by Crippen LogP contribution is 2.16. The molecular weight excluding hydrogens is 502 g/mol. The van der Waals surface area contributed by atoms with Gasteiger partial charge in [0.2, 0.25) is 0 Å². The lowest BCUT2D eigenvalue weighted by Crippen LogP contribution is -2.34. The highest BCUT2D eigenvalue weighted by molar-refractivity contribution is 9.10. The van der Waals surface area contributed by atoms with Gasteiger partial charge in [0, 0.05) is 10.0 Å². The summed E-state index contributed by atoms with van der Waals surface area (Å²) >= 11 is 3.29. The molecule has 0 aromatic heterocycles. The molecule has 0 saturated heterocycles. The molecular formula is C25H22BrN3O5. The number of ether oxygens (including phenoxy) is 2. The van der Waals surface area contributed by atoms with Crippen LogP contribution in [0.15, 0.2) is 82.4 Å². The Hall–Kier alpha value is -3.98. The molecule has 0 radical (unpaired) electrons. The second kappa shape index (κ2) is 12.3. The molecule has 0 fully saturated rings. The van der Waals surface area contributed by atoms with Gasteiger partial charge in [-0.2, -0.15) is 5.10 Å². The van der Waals surface area contributed by atoms with Crippen molar-refractivity contribution in [3.05, 3.63) is 94.0 Å². The van der Waals surface area contributed by atoms with Gasteiger partial charge in [-0.05, 0) is 79.2 Å². The molecule has 0 aliphatic heterocycles. The van der Waals surface area contributed by atoms with Gasteiger partial charge in [-0.25, -0.2) is 10.2 Å². The summed E-state index contributed by atoms with van der Waals surface area (Å²) in [7, 11) is 0. The van der Waals surface area contributed by atoms with Crippen molar-refractivity contribution >= 4 is 39.9 Å². The van der Waals surface area contributed by atoms with Crippen molar-refractivity contribution in [3.8, 4) is 11.5 Å². The van der Waals surface area contributed by atoms with E-state index >= 15 is 0 Å². The first-order chi connectivity index (χ1) is 16.4. The van der Waals surface area contributed by atoms with E-state index in [1.54, 1.807) is 72.8 Å². The summed E-state index contributed by atoms with van der Waals surface area (Å²) in [6.45, 7) is 2.21. The Labute approximate surface area is 205 Å². The van der Waals surface area contributed by atoms with E-state index in [0.29, 0.717) is 34.8 Å². The van der Waals surface area contributed by atoms with Gasteiger partial charge in [0.1, 0.15) is 11.5 Å². The van der Waals surface area contributed by atoms with Crippen molar-refractivity contribution in [2.75, 3.05) is 13.2 Å². The van der Waals surface area contributed by atoms with Crippen LogP contribution in [0, 0.1) is 0 Å². The molecule has 0 saturated carbocycles. The fourth-order valence-corrected chi connectivity index (χ4v) is 3.15. The lowest BCUT2D eigenvalue weighted by Gasteiger charge is -2.06. The van der Waals surface area contributed by atoms with E-state index in [1.165, 1.54) is 6.21 Å². The number of carbonyl (C=O) groups is 3. The Morgan fingerprint density at radius 2 is 1.65 bits per heavy atom. The molecule has 0 unspecified atom stereocenters. The number of hydrogen-bond acceptors (Lipinski definition) is 6. The smallest absolute Gasteiger partial charge is 0.343 e. The zero-order chi connectivity index (χ0) is 24.3. The lowest BCUT2D eigenvalue weighted by atomic mass is 10.2. The first-order valence-electron chi connectivity index (χ1n) is 10.4. The van der Waals surface area contributed by atoms with Crippen LogP contribution in [-0.4, -0.2) is 37.1 Å². The zero-order valence-corrected chi connectivity index (χ0v) is 19.9. The number of amides is 2. The van der Waals surface area contributed by atoms with Crippen molar-refractivity contribution in [1.29, 1.82) is 0 Å². The summed E-state index contributed by atoms with van der Waals surface area (Å²) in [6, 6.07) is 20.1. The van der Waals surface area contributed by atoms with Crippen LogP contribution in [0.25, 0.3) is 0 Å². The van der Waals surface area contributed by atoms with Crippen LogP contribution in [0.3, 0.4) is 0 Å². The molecule has 8 nitrogen and oxygen atoms in total. The topological polar surface area (TPSA) is 106 Å². The Morgan fingerprint density at radius 1 is 0.941 bits per heavy atom. The fourth-order valence-electron chi connectivity index (χ4n) is 2.75. The Kier molecular flexibility index (Phi) is 8.93. The fraction of sp³-hybridized carbons (Fsp3) is 0.120. The van der Waals surface area contributed by atoms with Crippen LogP contribution in [0.4, 0.5) is 0 Å². The molecule has 2 N–H and O–H groups in total. The molecule has 0 atom stereocenters. The van der Waals surface area contributed by atoms with Crippen LogP contribution in [0.1, 0.15) is 33.2 Å². The molecule has 0 spiro atoms. The van der Waals surface area contributed by atoms with Crippen LogP contribution < -0.4 is 20.2 Å². The largest absolute Gasteiger partial charge is 0.494 e. The van der Waals surface area contributed by atoms with E-state index < -0.39 is 11.9 Å². The van der Waals surface area contributed by atoms with Gasteiger partial charge in [-0.15, -0.1) is 0 Å². The molecule has 2 amide bonds. The molecule has 0 bridgehead atoms. The summed E-state index contributed by atoms with van der Waals surface area (Å²) in [4.78, 5) is 36.2. The van der Waals surface area contributed by atoms with Gasteiger partial charge in [-0.1, -0.05) is 22.0 Å². The maximum atomic E-state index is 12.3. The second-order valence-corrected chi connectivity index (χ2v) is 7.82. The van der Waals surface area contributed by atoms with Crippen molar-refractivity contribution in [3.63, 3.8) is 0 Å². The van der Waals surface area contributed by atoms with Gasteiger partial charge >= 0.3 is 5.97 Å². The quantitative estimate of drug-likeness (QED) is 0.191. The maximum absolute atomic E-state index is 12.3. The predicted molar refractivity (Wildman–Crippen MR) is 131 cm³/mol. The first kappa shape index (κ1) is 24.7. The summed E-state index contributed by atoms with van der Waals surface area (Å²) in [5.41, 5.74) is 3.87. The van der Waals surface area contributed by atoms with E-state index in [9.17, 15) is 14.4 Å². The van der Waals surface area contributed by atoms with Gasteiger partial charge in [0.05, 0.1) is 24.9 Å². The summed E-state index contributed by atoms with van der Waals surface area (Å²) in [5, 5.41) is 6.39. The van der Waals surface area contributed by atoms with E-state index in [1.807, 2.05) is 6.92 Å². The van der Waals surface area contributed by atoms with Gasteiger partial charge in [0.15, 0.2) is 0 Å². The Morgan fingerprint density at radius 3 is 2.32 bits per heavy atom. The van der Waals surface area contributed by atoms with E-state index in [2.05, 4.69) is 31.8 Å². The molecule has 3 rings (SSSR count). The minimum absolute atomic E-state index is 0.219. The number of hydrazone groups is 1. The average molecular weight is 524 g/mol. The van der Waals surface area contributed by atoms with Crippen molar-refractivity contribution < 1.29 is 23.9 Å². The Bertz CT molecular complexity index is 1180. The first-order valence-corrected chi connectivity index (χ1v) is 11.1. The molecule has 3 aromatic carbocycles. The Balaban J connectivity index is 1.44. The monoisotopic (exact) mass is 523 g/mol. The number of hydrogen-bond donors (Lipinski definition) is 2. The normalized spacial score (nSPS) is 10.5. The molecule has 9 heteroatoms. The third-order valence-electron chi connectivity index (χ3n) is 4.39. The minimum atomic E-state index is -0.485. The number of nitrogens with one attached hydrogen (secondary N) is 2.